The van der Waals surface area contributed by atoms with Crippen molar-refractivity contribution in [2.75, 3.05) is 39.3 Å². The minimum absolute atomic E-state index is 0.0159. The van der Waals surface area contributed by atoms with Gasteiger partial charge in [0.25, 0.3) is 0 Å². The Hall–Kier alpha value is -2.43. The number of halogens is 1. The van der Waals surface area contributed by atoms with Crippen LogP contribution in [0.15, 0.2) is 48.5 Å². The number of amides is 1. The molecule has 2 unspecified atom stereocenters. The fourth-order valence-electron chi connectivity index (χ4n) is 4.31. The van der Waals surface area contributed by atoms with Crippen LogP contribution in [0.4, 0.5) is 0 Å². The van der Waals surface area contributed by atoms with E-state index in [1.807, 2.05) is 30.3 Å². The minimum atomic E-state index is 0.0159. The van der Waals surface area contributed by atoms with Gasteiger partial charge in [-0.25, -0.2) is 0 Å². The van der Waals surface area contributed by atoms with Crippen LogP contribution in [-0.2, 0) is 22.5 Å². The lowest BCUT2D eigenvalue weighted by molar-refractivity contribution is -0.144. The Kier molecular flexibility index (Phi) is 7.21. The molecule has 2 bridgehead atoms. The van der Waals surface area contributed by atoms with Crippen molar-refractivity contribution in [3.8, 4) is 6.07 Å². The molecule has 7 heteroatoms. The molecule has 2 atom stereocenters. The lowest BCUT2D eigenvalue weighted by Crippen LogP contribution is -2.60. The fourth-order valence-corrected chi connectivity index (χ4v) is 4.52. The number of ether oxygens (including phenoxy) is 1. The van der Waals surface area contributed by atoms with Gasteiger partial charge in [0.05, 0.1) is 30.4 Å². The van der Waals surface area contributed by atoms with E-state index in [9.17, 15) is 4.79 Å². The number of fused-ring (bicyclic) bond motifs is 2. The molecule has 4 rings (SSSR count). The largest absolute Gasteiger partial charge is 0.370 e. The van der Waals surface area contributed by atoms with Crippen molar-refractivity contribution in [2.24, 2.45) is 0 Å². The number of rotatable bonds is 7. The first kappa shape index (κ1) is 21.8. The summed E-state index contributed by atoms with van der Waals surface area (Å²) in [6.07, 6.45) is 1.25. The molecule has 0 radical (unpaired) electrons. The van der Waals surface area contributed by atoms with E-state index in [4.69, 9.17) is 21.6 Å². The van der Waals surface area contributed by atoms with E-state index in [1.54, 1.807) is 12.1 Å². The van der Waals surface area contributed by atoms with Crippen LogP contribution in [0.3, 0.4) is 0 Å². The zero-order chi connectivity index (χ0) is 21.6. The van der Waals surface area contributed by atoms with Gasteiger partial charge in [0.1, 0.15) is 0 Å². The highest BCUT2D eigenvalue weighted by atomic mass is 35.5. The van der Waals surface area contributed by atoms with E-state index in [2.05, 4.69) is 27.3 Å². The summed E-state index contributed by atoms with van der Waals surface area (Å²) in [6, 6.07) is 17.4. The van der Waals surface area contributed by atoms with Crippen LogP contribution < -0.4 is 5.32 Å². The second kappa shape index (κ2) is 10.3. The average Bonchev–Trinajstić information content (AvgIpc) is 2.76. The Balaban J connectivity index is 1.20. The summed E-state index contributed by atoms with van der Waals surface area (Å²) >= 11 is 6.09. The SMILES string of the molecule is N#Cc1ccc(CNC(=O)CN2CC3CN(CCc4cccc(Cl)c4)CC(C2)O3)cc1. The van der Waals surface area contributed by atoms with Gasteiger partial charge in [-0.05, 0) is 41.8 Å². The maximum absolute atomic E-state index is 12.4. The Bertz CT molecular complexity index is 929. The standard InChI is InChI=1S/C24H27ClN4O2/c25-21-3-1-2-18(10-21)8-9-28-13-22-15-29(16-23(14-28)31-22)17-24(30)27-12-20-6-4-19(11-26)5-7-20/h1-7,10,22-23H,8-9,12-17H2,(H,27,30). The molecule has 2 aliphatic rings. The molecule has 2 saturated heterocycles. The van der Waals surface area contributed by atoms with E-state index in [0.29, 0.717) is 18.7 Å². The molecule has 1 amide bonds. The monoisotopic (exact) mass is 438 g/mol. The number of nitrogens with one attached hydrogen (secondary N) is 1. The van der Waals surface area contributed by atoms with Gasteiger partial charge in [0, 0.05) is 44.3 Å². The van der Waals surface area contributed by atoms with Gasteiger partial charge in [-0.3, -0.25) is 14.6 Å². The van der Waals surface area contributed by atoms with Gasteiger partial charge < -0.3 is 10.1 Å². The van der Waals surface area contributed by atoms with Crippen LogP contribution >= 0.6 is 11.6 Å². The summed E-state index contributed by atoms with van der Waals surface area (Å²) in [5.74, 6) is 0.0159. The number of benzene rings is 2. The topological polar surface area (TPSA) is 68.6 Å². The van der Waals surface area contributed by atoms with Crippen LogP contribution in [0.5, 0.6) is 0 Å². The number of nitrogens with zero attached hydrogens (tertiary/aromatic N) is 3. The number of hydrogen-bond donors (Lipinski definition) is 1. The molecule has 2 fully saturated rings. The predicted octanol–water partition coefficient (Wildman–Crippen LogP) is 2.46. The fraction of sp³-hybridized carbons (Fsp3) is 0.417. The van der Waals surface area contributed by atoms with Gasteiger partial charge in [-0.15, -0.1) is 0 Å². The molecular formula is C24H27ClN4O2. The van der Waals surface area contributed by atoms with Crippen LogP contribution in [0.2, 0.25) is 5.02 Å². The molecular weight excluding hydrogens is 412 g/mol. The summed E-state index contributed by atoms with van der Waals surface area (Å²) in [4.78, 5) is 17.1. The third-order valence-corrected chi connectivity index (χ3v) is 6.01. The van der Waals surface area contributed by atoms with Crippen LogP contribution in [0.1, 0.15) is 16.7 Å². The van der Waals surface area contributed by atoms with Crippen molar-refractivity contribution in [1.29, 1.82) is 5.26 Å². The van der Waals surface area contributed by atoms with Gasteiger partial charge in [-0.2, -0.15) is 5.26 Å². The molecule has 1 N–H and O–H groups in total. The zero-order valence-corrected chi connectivity index (χ0v) is 18.2. The third-order valence-electron chi connectivity index (χ3n) is 5.78. The molecule has 0 aliphatic carbocycles. The molecule has 0 aromatic heterocycles. The summed E-state index contributed by atoms with van der Waals surface area (Å²) in [6.45, 7) is 5.17. The van der Waals surface area contributed by atoms with Crippen molar-refractivity contribution < 1.29 is 9.53 Å². The second-order valence-corrected chi connectivity index (χ2v) is 8.74. The van der Waals surface area contributed by atoms with Gasteiger partial charge in [-0.1, -0.05) is 35.9 Å². The van der Waals surface area contributed by atoms with Gasteiger partial charge >= 0.3 is 0 Å². The highest BCUT2D eigenvalue weighted by Crippen LogP contribution is 2.20. The van der Waals surface area contributed by atoms with Gasteiger partial charge in [0.2, 0.25) is 5.91 Å². The lowest BCUT2D eigenvalue weighted by atomic mass is 10.1. The lowest BCUT2D eigenvalue weighted by Gasteiger charge is -2.45. The molecule has 162 valence electrons. The minimum Gasteiger partial charge on any atom is -0.370 e. The molecule has 2 aromatic carbocycles. The average molecular weight is 439 g/mol. The quantitative estimate of drug-likeness (QED) is 0.719. The Morgan fingerprint density at radius 2 is 1.77 bits per heavy atom. The summed E-state index contributed by atoms with van der Waals surface area (Å²) in [5.41, 5.74) is 2.86. The van der Waals surface area contributed by atoms with E-state index < -0.39 is 0 Å². The number of nitriles is 1. The summed E-state index contributed by atoms with van der Waals surface area (Å²) in [7, 11) is 0. The Morgan fingerprint density at radius 3 is 2.45 bits per heavy atom. The number of hydrogen-bond acceptors (Lipinski definition) is 5. The van der Waals surface area contributed by atoms with Crippen LogP contribution in [0, 0.1) is 11.3 Å². The number of morpholine rings is 2. The highest BCUT2D eigenvalue weighted by molar-refractivity contribution is 6.30. The normalized spacial score (nSPS) is 21.4. The third kappa shape index (κ3) is 6.28. The molecule has 6 nitrogen and oxygen atoms in total. The van der Waals surface area contributed by atoms with E-state index in [1.165, 1.54) is 5.56 Å². The van der Waals surface area contributed by atoms with Crippen molar-refractivity contribution in [3.05, 3.63) is 70.2 Å². The Morgan fingerprint density at radius 1 is 1.06 bits per heavy atom. The van der Waals surface area contributed by atoms with Crippen LogP contribution in [0.25, 0.3) is 0 Å². The van der Waals surface area contributed by atoms with Gasteiger partial charge in [0.15, 0.2) is 0 Å². The first-order chi connectivity index (χ1) is 15.1. The first-order valence-electron chi connectivity index (χ1n) is 10.7. The van der Waals surface area contributed by atoms with E-state index >= 15 is 0 Å². The van der Waals surface area contributed by atoms with E-state index in [-0.39, 0.29) is 18.1 Å². The Labute approximate surface area is 188 Å². The molecule has 31 heavy (non-hydrogen) atoms. The maximum atomic E-state index is 12.4. The summed E-state index contributed by atoms with van der Waals surface area (Å²) in [5, 5.41) is 12.6. The molecule has 0 saturated carbocycles. The van der Waals surface area contributed by atoms with Crippen molar-refractivity contribution in [3.63, 3.8) is 0 Å². The van der Waals surface area contributed by atoms with Crippen molar-refractivity contribution in [2.45, 2.75) is 25.2 Å². The summed E-state index contributed by atoms with van der Waals surface area (Å²) < 4.78 is 6.12. The van der Waals surface area contributed by atoms with E-state index in [0.717, 1.165) is 49.7 Å². The van der Waals surface area contributed by atoms with Crippen molar-refractivity contribution in [1.82, 2.24) is 15.1 Å². The number of carbonyl (C=O) groups is 1. The second-order valence-electron chi connectivity index (χ2n) is 8.30. The molecule has 2 aliphatic heterocycles. The maximum Gasteiger partial charge on any atom is 0.234 e. The molecule has 0 spiro atoms. The van der Waals surface area contributed by atoms with Crippen molar-refractivity contribution >= 4 is 17.5 Å². The molecule has 2 aromatic rings. The first-order valence-corrected chi connectivity index (χ1v) is 11.1. The molecule has 2 heterocycles. The van der Waals surface area contributed by atoms with Crippen LogP contribution in [-0.4, -0.2) is 67.2 Å². The smallest absolute Gasteiger partial charge is 0.234 e. The highest BCUT2D eigenvalue weighted by Gasteiger charge is 2.35. The number of carbonyl (C=O) groups excluding carboxylic acids is 1. The predicted molar refractivity (Wildman–Crippen MR) is 120 cm³/mol. The zero-order valence-electron chi connectivity index (χ0n) is 17.5.